The third-order valence-corrected chi connectivity index (χ3v) is 5.49. The summed E-state index contributed by atoms with van der Waals surface area (Å²) in [7, 11) is 0. The molecule has 1 aliphatic carbocycles. The van der Waals surface area contributed by atoms with Crippen molar-refractivity contribution in [3.05, 3.63) is 34.9 Å². The zero-order valence-electron chi connectivity index (χ0n) is 13.1. The molecule has 0 bridgehead atoms. The monoisotopic (exact) mass is 343 g/mol. The number of rotatable bonds is 4. The van der Waals surface area contributed by atoms with Gasteiger partial charge in [0.05, 0.1) is 5.60 Å². The third kappa shape index (κ3) is 4.17. The number of halogens is 2. The molecule has 1 aromatic carbocycles. The van der Waals surface area contributed by atoms with E-state index in [-0.39, 0.29) is 18.3 Å². The summed E-state index contributed by atoms with van der Waals surface area (Å²) >= 11 is 6.19. The highest BCUT2D eigenvalue weighted by molar-refractivity contribution is 6.30. The summed E-state index contributed by atoms with van der Waals surface area (Å²) in [5.74, 6) is 0.189. The van der Waals surface area contributed by atoms with Gasteiger partial charge in [-0.3, -0.25) is 0 Å². The van der Waals surface area contributed by atoms with Gasteiger partial charge in [0, 0.05) is 17.5 Å². The average Bonchev–Trinajstić information content (AvgIpc) is 2.98. The Labute approximate surface area is 145 Å². The van der Waals surface area contributed by atoms with Crippen LogP contribution in [0, 0.1) is 0 Å². The predicted octanol–water partition coefficient (Wildman–Crippen LogP) is 4.64. The van der Waals surface area contributed by atoms with Crippen molar-refractivity contribution in [1.29, 1.82) is 0 Å². The molecule has 3 rings (SSSR count). The lowest BCUT2D eigenvalue weighted by Gasteiger charge is -2.41. The van der Waals surface area contributed by atoms with Gasteiger partial charge in [-0.15, -0.1) is 12.4 Å². The van der Waals surface area contributed by atoms with E-state index in [0.29, 0.717) is 0 Å². The molecule has 0 aromatic heterocycles. The average molecular weight is 344 g/mol. The van der Waals surface area contributed by atoms with Crippen molar-refractivity contribution in [1.82, 2.24) is 4.90 Å². The molecule has 0 spiro atoms. The van der Waals surface area contributed by atoms with Crippen LogP contribution in [0.25, 0.3) is 0 Å². The van der Waals surface area contributed by atoms with Crippen LogP contribution in [0.2, 0.25) is 5.02 Å². The Morgan fingerprint density at radius 3 is 2.41 bits per heavy atom. The number of likely N-dealkylation sites (tertiary alicyclic amines) is 1. The highest BCUT2D eigenvalue weighted by Crippen LogP contribution is 2.41. The first kappa shape index (κ1) is 18.1. The van der Waals surface area contributed by atoms with Gasteiger partial charge in [-0.2, -0.15) is 0 Å². The summed E-state index contributed by atoms with van der Waals surface area (Å²) in [5, 5.41) is 12.0. The molecular formula is C18H27Cl2NO. The van der Waals surface area contributed by atoms with Crippen molar-refractivity contribution in [2.45, 2.75) is 56.5 Å². The molecule has 1 unspecified atom stereocenters. The molecular weight excluding hydrogens is 317 g/mol. The lowest BCUT2D eigenvalue weighted by Crippen LogP contribution is -2.43. The maximum Gasteiger partial charge on any atom is 0.0728 e. The van der Waals surface area contributed by atoms with Crippen molar-refractivity contribution in [2.24, 2.45) is 0 Å². The fraction of sp³-hybridized carbons (Fsp3) is 0.667. The topological polar surface area (TPSA) is 23.5 Å². The second-order valence-electron chi connectivity index (χ2n) is 6.78. The summed E-state index contributed by atoms with van der Waals surface area (Å²) in [4.78, 5) is 2.51. The van der Waals surface area contributed by atoms with Gasteiger partial charge in [-0.1, -0.05) is 43.0 Å². The van der Waals surface area contributed by atoms with Crippen LogP contribution in [-0.2, 0) is 0 Å². The molecule has 22 heavy (non-hydrogen) atoms. The number of hydrogen-bond donors (Lipinski definition) is 1. The van der Waals surface area contributed by atoms with Crippen LogP contribution in [-0.4, -0.2) is 35.2 Å². The Bertz CT molecular complexity index is 468. The summed E-state index contributed by atoms with van der Waals surface area (Å²) in [5.41, 5.74) is 0.657. The Kier molecular flexibility index (Phi) is 6.58. The van der Waals surface area contributed by atoms with Crippen LogP contribution < -0.4 is 0 Å². The van der Waals surface area contributed by atoms with Gasteiger partial charge in [0.2, 0.25) is 0 Å². The van der Waals surface area contributed by atoms with Gasteiger partial charge in [-0.05, 0) is 56.5 Å². The van der Waals surface area contributed by atoms with E-state index in [9.17, 15) is 5.11 Å². The minimum absolute atomic E-state index is 0. The van der Waals surface area contributed by atoms with Gasteiger partial charge in [0.15, 0.2) is 0 Å². The van der Waals surface area contributed by atoms with Gasteiger partial charge >= 0.3 is 0 Å². The standard InChI is InChI=1S/C18H26ClNO.ClH/c19-16-8-6-7-15(13-16)17(14-20-11-4-5-12-20)18(21)9-2-1-3-10-18;/h6-8,13,17,21H,1-5,9-12,14H2;1H. The van der Waals surface area contributed by atoms with E-state index in [4.69, 9.17) is 11.6 Å². The minimum Gasteiger partial charge on any atom is -0.389 e. The van der Waals surface area contributed by atoms with Crippen molar-refractivity contribution >= 4 is 24.0 Å². The molecule has 1 aliphatic heterocycles. The Morgan fingerprint density at radius 2 is 1.77 bits per heavy atom. The zero-order chi connectivity index (χ0) is 14.7. The highest BCUT2D eigenvalue weighted by atomic mass is 35.5. The molecule has 1 N–H and O–H groups in total. The zero-order valence-corrected chi connectivity index (χ0v) is 14.7. The number of benzene rings is 1. The fourth-order valence-electron chi connectivity index (χ4n) is 4.04. The summed E-state index contributed by atoms with van der Waals surface area (Å²) < 4.78 is 0. The van der Waals surface area contributed by atoms with Crippen molar-refractivity contribution in [2.75, 3.05) is 19.6 Å². The van der Waals surface area contributed by atoms with Gasteiger partial charge < -0.3 is 10.0 Å². The number of aliphatic hydroxyl groups is 1. The van der Waals surface area contributed by atoms with Crippen LogP contribution in [0.3, 0.4) is 0 Å². The maximum absolute atomic E-state index is 11.3. The smallest absolute Gasteiger partial charge is 0.0728 e. The number of nitrogens with zero attached hydrogens (tertiary/aromatic N) is 1. The summed E-state index contributed by atoms with van der Waals surface area (Å²) in [6.45, 7) is 3.32. The minimum atomic E-state index is -0.550. The lowest BCUT2D eigenvalue weighted by molar-refractivity contribution is -0.0293. The van der Waals surface area contributed by atoms with Crippen molar-refractivity contribution in [3.63, 3.8) is 0 Å². The van der Waals surface area contributed by atoms with Crippen LogP contribution >= 0.6 is 24.0 Å². The molecule has 1 saturated carbocycles. The van der Waals surface area contributed by atoms with Gasteiger partial charge in [0.1, 0.15) is 0 Å². The quantitative estimate of drug-likeness (QED) is 0.860. The van der Waals surface area contributed by atoms with Crippen LogP contribution in [0.4, 0.5) is 0 Å². The van der Waals surface area contributed by atoms with Crippen LogP contribution in [0.15, 0.2) is 24.3 Å². The molecule has 124 valence electrons. The molecule has 1 heterocycles. The first-order valence-electron chi connectivity index (χ1n) is 8.38. The summed E-state index contributed by atoms with van der Waals surface area (Å²) in [6, 6.07) is 8.12. The molecule has 4 heteroatoms. The second-order valence-corrected chi connectivity index (χ2v) is 7.22. The predicted molar refractivity (Wildman–Crippen MR) is 95.1 cm³/mol. The second kappa shape index (κ2) is 8.01. The van der Waals surface area contributed by atoms with E-state index < -0.39 is 5.60 Å². The van der Waals surface area contributed by atoms with E-state index in [1.807, 2.05) is 12.1 Å². The first-order valence-corrected chi connectivity index (χ1v) is 8.75. The highest BCUT2D eigenvalue weighted by Gasteiger charge is 2.39. The Balaban J connectivity index is 0.00000176. The van der Waals surface area contributed by atoms with E-state index in [1.165, 1.54) is 37.9 Å². The van der Waals surface area contributed by atoms with Crippen molar-refractivity contribution < 1.29 is 5.11 Å². The Morgan fingerprint density at radius 1 is 1.09 bits per heavy atom. The molecule has 0 radical (unpaired) electrons. The molecule has 1 atom stereocenters. The largest absolute Gasteiger partial charge is 0.389 e. The molecule has 2 aliphatic rings. The SMILES string of the molecule is Cl.OC1(C(CN2CCCC2)c2cccc(Cl)c2)CCCCC1. The molecule has 2 nitrogen and oxygen atoms in total. The van der Waals surface area contributed by atoms with Crippen LogP contribution in [0.1, 0.15) is 56.4 Å². The maximum atomic E-state index is 11.3. The molecule has 2 fully saturated rings. The van der Waals surface area contributed by atoms with E-state index >= 15 is 0 Å². The molecule has 1 saturated heterocycles. The van der Waals surface area contributed by atoms with E-state index in [1.54, 1.807) is 0 Å². The lowest BCUT2D eigenvalue weighted by atomic mass is 9.72. The molecule has 0 amide bonds. The summed E-state index contributed by atoms with van der Waals surface area (Å²) in [6.07, 6.45) is 7.99. The third-order valence-electron chi connectivity index (χ3n) is 5.26. The molecule has 1 aromatic rings. The normalized spacial score (nSPS) is 23.0. The Hall–Kier alpha value is -0.280. The fourth-order valence-corrected chi connectivity index (χ4v) is 4.24. The first-order chi connectivity index (χ1) is 10.2. The van der Waals surface area contributed by atoms with Gasteiger partial charge in [-0.25, -0.2) is 0 Å². The van der Waals surface area contributed by atoms with E-state index in [2.05, 4.69) is 17.0 Å². The van der Waals surface area contributed by atoms with E-state index in [0.717, 1.165) is 37.3 Å². The number of hydrogen-bond acceptors (Lipinski definition) is 2. The van der Waals surface area contributed by atoms with Gasteiger partial charge in [0.25, 0.3) is 0 Å². The van der Waals surface area contributed by atoms with Crippen molar-refractivity contribution in [3.8, 4) is 0 Å². The van der Waals surface area contributed by atoms with Crippen LogP contribution in [0.5, 0.6) is 0 Å².